The number of amides is 1. The summed E-state index contributed by atoms with van der Waals surface area (Å²) in [5.74, 6) is -0.196. The fourth-order valence-electron chi connectivity index (χ4n) is 3.45. The molecule has 0 bridgehead atoms. The molecule has 0 spiro atoms. The number of hydrogen-bond donors (Lipinski definition) is 2. The quantitative estimate of drug-likeness (QED) is 0.382. The summed E-state index contributed by atoms with van der Waals surface area (Å²) in [7, 11) is 0. The molecule has 2 atom stereocenters. The normalized spacial score (nSPS) is 18.4. The number of aromatic nitrogens is 2. The molecule has 4 rings (SSSR count). The number of carbonyl (C=O) groups is 1. The summed E-state index contributed by atoms with van der Waals surface area (Å²) in [6.45, 7) is 2.01. The summed E-state index contributed by atoms with van der Waals surface area (Å²) >= 11 is 6.43. The van der Waals surface area contributed by atoms with Gasteiger partial charge in [-0.25, -0.2) is 4.68 Å². The van der Waals surface area contributed by atoms with Crippen LogP contribution in [0.4, 0.5) is 24.7 Å². The van der Waals surface area contributed by atoms with Gasteiger partial charge in [-0.2, -0.15) is 18.3 Å². The van der Waals surface area contributed by atoms with Crippen LogP contribution in [-0.2, 0) is 6.42 Å². The monoisotopic (exact) mass is 560 g/mol. The topological polar surface area (TPSA) is 72.1 Å². The van der Waals surface area contributed by atoms with E-state index in [9.17, 15) is 18.0 Å². The first-order valence-electron chi connectivity index (χ1n) is 9.44. The lowest BCUT2D eigenvalue weighted by molar-refractivity contribution is -0.174. The van der Waals surface area contributed by atoms with Gasteiger partial charge < -0.3 is 15.1 Å². The molecule has 0 saturated heterocycles. The van der Waals surface area contributed by atoms with Crippen LogP contribution in [0.3, 0.4) is 0 Å². The number of aryl methyl sites for hydroxylation is 1. The first-order valence-corrected chi connectivity index (χ1v) is 11.0. The molecule has 31 heavy (non-hydrogen) atoms. The van der Waals surface area contributed by atoms with Gasteiger partial charge in [0.05, 0.1) is 10.5 Å². The van der Waals surface area contributed by atoms with E-state index in [1.165, 1.54) is 0 Å². The zero-order valence-corrected chi connectivity index (χ0v) is 19.3. The van der Waals surface area contributed by atoms with Gasteiger partial charge in [0.25, 0.3) is 5.91 Å². The van der Waals surface area contributed by atoms with Gasteiger partial charge in [-0.3, -0.25) is 4.79 Å². The van der Waals surface area contributed by atoms with Crippen LogP contribution in [0.15, 0.2) is 50.0 Å². The van der Waals surface area contributed by atoms with Gasteiger partial charge in [-0.05, 0) is 68.1 Å². The van der Waals surface area contributed by atoms with Gasteiger partial charge in [-0.1, -0.05) is 19.1 Å². The maximum Gasteiger partial charge on any atom is 0.410 e. The molecule has 1 amide bonds. The van der Waals surface area contributed by atoms with Crippen molar-refractivity contribution in [2.45, 2.75) is 38.0 Å². The third-order valence-corrected chi connectivity index (χ3v) is 6.25. The largest absolute Gasteiger partial charge is 0.452 e. The molecular formula is C20H17Br2F3N4O2. The third kappa shape index (κ3) is 4.38. The van der Waals surface area contributed by atoms with Crippen molar-refractivity contribution in [1.82, 2.24) is 9.78 Å². The van der Waals surface area contributed by atoms with Crippen LogP contribution < -0.4 is 10.6 Å². The fraction of sp³-hybridized carbons (Fsp3) is 0.300. The summed E-state index contributed by atoms with van der Waals surface area (Å²) in [6.07, 6.45) is -4.04. The number of nitrogens with one attached hydrogen (secondary N) is 2. The molecule has 0 aliphatic carbocycles. The molecule has 6 nitrogen and oxygen atoms in total. The van der Waals surface area contributed by atoms with Crippen LogP contribution in [0.5, 0.6) is 0 Å². The maximum absolute atomic E-state index is 13.8. The van der Waals surface area contributed by atoms with Crippen LogP contribution >= 0.6 is 31.9 Å². The van der Waals surface area contributed by atoms with Crippen molar-refractivity contribution in [1.29, 1.82) is 0 Å². The van der Waals surface area contributed by atoms with Crippen LogP contribution in [0, 0.1) is 0 Å². The highest BCUT2D eigenvalue weighted by atomic mass is 79.9. The van der Waals surface area contributed by atoms with E-state index < -0.39 is 24.2 Å². The highest BCUT2D eigenvalue weighted by Crippen LogP contribution is 2.46. The van der Waals surface area contributed by atoms with Crippen LogP contribution in [0.1, 0.15) is 47.2 Å². The zero-order valence-electron chi connectivity index (χ0n) is 16.1. The van der Waals surface area contributed by atoms with Gasteiger partial charge in [0.1, 0.15) is 11.6 Å². The molecule has 2 N–H and O–H groups in total. The van der Waals surface area contributed by atoms with Crippen molar-refractivity contribution < 1.29 is 22.4 Å². The third-order valence-electron chi connectivity index (χ3n) is 5.07. The van der Waals surface area contributed by atoms with E-state index in [0.29, 0.717) is 16.1 Å². The standard InChI is InChI=1S/C20H17Br2F3N4O2/c1-2-10-3-5-11(6-4-10)26-19(30)17-16(22)18-27-12(13-7-8-15(21)31-13)9-14(20(23,24)25)29(18)28-17/h3-8,12,14,27H,2,9H2,1H3,(H,26,30)/t12-,14-/m1/s1. The highest BCUT2D eigenvalue weighted by molar-refractivity contribution is 9.10. The fourth-order valence-corrected chi connectivity index (χ4v) is 4.33. The summed E-state index contributed by atoms with van der Waals surface area (Å²) < 4.78 is 48.3. The van der Waals surface area contributed by atoms with Gasteiger partial charge in [0.15, 0.2) is 16.4 Å². The van der Waals surface area contributed by atoms with Gasteiger partial charge in [0.2, 0.25) is 0 Å². The van der Waals surface area contributed by atoms with Gasteiger partial charge in [0, 0.05) is 12.1 Å². The van der Waals surface area contributed by atoms with Crippen molar-refractivity contribution in [3.05, 3.63) is 62.6 Å². The number of nitrogens with zero attached hydrogens (tertiary/aromatic N) is 2. The summed E-state index contributed by atoms with van der Waals surface area (Å²) in [5, 5.41) is 9.69. The Morgan fingerprint density at radius 2 is 1.97 bits per heavy atom. The molecule has 1 aliphatic rings. The average molecular weight is 562 g/mol. The van der Waals surface area contributed by atoms with Crippen molar-refractivity contribution in [2.75, 3.05) is 10.6 Å². The van der Waals surface area contributed by atoms with Crippen molar-refractivity contribution in [3.63, 3.8) is 0 Å². The number of fused-ring (bicyclic) bond motifs is 1. The number of hydrogen-bond acceptors (Lipinski definition) is 4. The van der Waals surface area contributed by atoms with Gasteiger partial charge >= 0.3 is 6.18 Å². The molecule has 2 aromatic heterocycles. The van der Waals surface area contributed by atoms with Crippen molar-refractivity contribution >= 4 is 49.3 Å². The molecule has 0 saturated carbocycles. The minimum atomic E-state index is -4.56. The molecule has 1 aromatic carbocycles. The van der Waals surface area contributed by atoms with Crippen LogP contribution in [0.2, 0.25) is 0 Å². The number of alkyl halides is 3. The Balaban J connectivity index is 1.66. The first kappa shape index (κ1) is 21.9. The zero-order chi connectivity index (χ0) is 22.3. The summed E-state index contributed by atoms with van der Waals surface area (Å²) in [6, 6.07) is 7.78. The molecule has 3 heterocycles. The van der Waals surface area contributed by atoms with Crippen molar-refractivity contribution in [2.24, 2.45) is 0 Å². The van der Waals surface area contributed by atoms with E-state index in [2.05, 4.69) is 47.6 Å². The Hall–Kier alpha value is -2.27. The predicted molar refractivity (Wildman–Crippen MR) is 116 cm³/mol. The first-order chi connectivity index (χ1) is 14.7. The Labute approximate surface area is 192 Å². The molecule has 11 heteroatoms. The lowest BCUT2D eigenvalue weighted by atomic mass is 10.0. The van der Waals surface area contributed by atoms with E-state index in [-0.39, 0.29) is 22.4 Å². The smallest absolute Gasteiger partial charge is 0.410 e. The molecular weight excluding hydrogens is 545 g/mol. The Morgan fingerprint density at radius 1 is 1.26 bits per heavy atom. The van der Waals surface area contributed by atoms with Gasteiger partial charge in [-0.15, -0.1) is 0 Å². The Bertz CT molecular complexity index is 1110. The second-order valence-corrected chi connectivity index (χ2v) is 8.67. The lowest BCUT2D eigenvalue weighted by Gasteiger charge is -2.32. The van der Waals surface area contributed by atoms with E-state index >= 15 is 0 Å². The summed E-state index contributed by atoms with van der Waals surface area (Å²) in [4.78, 5) is 12.8. The molecule has 0 radical (unpaired) electrons. The second-order valence-electron chi connectivity index (χ2n) is 7.09. The molecule has 0 unspecified atom stereocenters. The van der Waals surface area contributed by atoms with Crippen molar-refractivity contribution in [3.8, 4) is 0 Å². The van der Waals surface area contributed by atoms with E-state index in [0.717, 1.165) is 16.7 Å². The number of halogens is 5. The number of benzene rings is 1. The lowest BCUT2D eigenvalue weighted by Crippen LogP contribution is -2.35. The Kier molecular flexibility index (Phi) is 5.91. The SMILES string of the molecule is CCc1ccc(NC(=O)c2nn3c(c2Br)N[C@@H](c2ccc(Br)o2)C[C@@H]3C(F)(F)F)cc1. The molecule has 1 aliphatic heterocycles. The molecule has 164 valence electrons. The molecule has 3 aromatic rings. The predicted octanol–water partition coefficient (Wildman–Crippen LogP) is 6.48. The average Bonchev–Trinajstić information content (AvgIpc) is 3.31. The number of carbonyl (C=O) groups excluding carboxylic acids is 1. The van der Waals surface area contributed by atoms with Crippen LogP contribution in [0.25, 0.3) is 0 Å². The number of anilines is 2. The second kappa shape index (κ2) is 8.34. The van der Waals surface area contributed by atoms with Crippen LogP contribution in [-0.4, -0.2) is 21.9 Å². The maximum atomic E-state index is 13.8. The minimum absolute atomic E-state index is 0.0672. The summed E-state index contributed by atoms with van der Waals surface area (Å²) in [5.41, 5.74) is 1.49. The van der Waals surface area contributed by atoms with E-state index in [1.807, 2.05) is 19.1 Å². The molecule has 0 fully saturated rings. The number of furan rings is 1. The Morgan fingerprint density at radius 3 is 2.55 bits per heavy atom. The van der Waals surface area contributed by atoms with E-state index in [1.54, 1.807) is 24.3 Å². The number of rotatable bonds is 4. The van der Waals surface area contributed by atoms with E-state index in [4.69, 9.17) is 4.42 Å². The highest BCUT2D eigenvalue weighted by Gasteiger charge is 2.48. The minimum Gasteiger partial charge on any atom is -0.452 e.